The Morgan fingerprint density at radius 2 is 1.77 bits per heavy atom. The molecule has 0 saturated carbocycles. The minimum absolute atomic E-state index is 0.169. The van der Waals surface area contributed by atoms with Crippen molar-refractivity contribution in [3.8, 4) is 0 Å². The molecule has 0 spiro atoms. The molecule has 0 amide bonds. The van der Waals surface area contributed by atoms with E-state index in [0.717, 1.165) is 5.04 Å². The molecule has 1 N–H and O–H groups in total. The molecular formula is C19H20N2S. The van der Waals surface area contributed by atoms with Gasteiger partial charge in [0, 0.05) is 5.56 Å². The Labute approximate surface area is 136 Å². The van der Waals surface area contributed by atoms with Crippen LogP contribution in [0.15, 0.2) is 53.6 Å². The fraction of sp³-hybridized carbons (Fsp3) is 0.316. The molecule has 0 radical (unpaired) electrons. The Morgan fingerprint density at radius 3 is 2.59 bits per heavy atom. The Morgan fingerprint density at radius 1 is 1.00 bits per heavy atom. The van der Waals surface area contributed by atoms with Crippen molar-refractivity contribution in [2.24, 2.45) is 5.10 Å². The van der Waals surface area contributed by atoms with E-state index >= 15 is 0 Å². The maximum absolute atomic E-state index is 4.58. The molecule has 2 aromatic rings. The van der Waals surface area contributed by atoms with E-state index in [4.69, 9.17) is 0 Å². The van der Waals surface area contributed by atoms with Crippen LogP contribution in [0, 0.1) is 0 Å². The van der Waals surface area contributed by atoms with Crippen molar-refractivity contribution in [1.82, 2.24) is 5.43 Å². The van der Waals surface area contributed by atoms with E-state index in [0.29, 0.717) is 0 Å². The molecule has 1 heterocycles. The summed E-state index contributed by atoms with van der Waals surface area (Å²) in [6.07, 6.45) is 5.10. The molecule has 112 valence electrons. The maximum Gasteiger partial charge on any atom is 0.128 e. The molecule has 2 aliphatic rings. The quantitative estimate of drug-likeness (QED) is 0.887. The van der Waals surface area contributed by atoms with Crippen LogP contribution in [0.5, 0.6) is 0 Å². The number of hydrogen-bond acceptors (Lipinski definition) is 3. The lowest BCUT2D eigenvalue weighted by Gasteiger charge is -2.26. The number of hydrogen-bond donors (Lipinski definition) is 1. The largest absolute Gasteiger partial charge is 0.288 e. The minimum atomic E-state index is -0.169. The summed E-state index contributed by atoms with van der Waals surface area (Å²) in [6.45, 7) is 2.22. The van der Waals surface area contributed by atoms with Gasteiger partial charge in [-0.1, -0.05) is 60.3 Å². The van der Waals surface area contributed by atoms with Crippen molar-refractivity contribution in [3.05, 3.63) is 70.8 Å². The summed E-state index contributed by atoms with van der Waals surface area (Å²) in [5.74, 6) is 0. The summed E-state index contributed by atoms with van der Waals surface area (Å²) in [4.78, 5) is -0.169. The number of nitrogens with one attached hydrogen (secondary N) is 1. The second-order valence-corrected chi connectivity index (χ2v) is 7.63. The van der Waals surface area contributed by atoms with Crippen LogP contribution in [0.2, 0.25) is 0 Å². The first kappa shape index (κ1) is 13.9. The van der Waals surface area contributed by atoms with Gasteiger partial charge < -0.3 is 0 Å². The van der Waals surface area contributed by atoms with Crippen LogP contribution >= 0.6 is 11.8 Å². The highest BCUT2D eigenvalue weighted by Gasteiger charge is 2.35. The second-order valence-electron chi connectivity index (χ2n) is 6.22. The van der Waals surface area contributed by atoms with Gasteiger partial charge in [0.05, 0.1) is 0 Å². The third-order valence-corrected chi connectivity index (χ3v) is 5.85. The highest BCUT2D eigenvalue weighted by atomic mass is 32.2. The van der Waals surface area contributed by atoms with E-state index in [9.17, 15) is 0 Å². The molecule has 4 rings (SSSR count). The smallest absolute Gasteiger partial charge is 0.128 e. The lowest BCUT2D eigenvalue weighted by Crippen LogP contribution is -2.29. The van der Waals surface area contributed by atoms with E-state index < -0.39 is 0 Å². The first-order valence-electron chi connectivity index (χ1n) is 7.96. The molecule has 0 bridgehead atoms. The van der Waals surface area contributed by atoms with Crippen molar-refractivity contribution >= 4 is 16.8 Å². The van der Waals surface area contributed by atoms with Crippen molar-refractivity contribution < 1.29 is 0 Å². The van der Waals surface area contributed by atoms with Crippen molar-refractivity contribution in [3.63, 3.8) is 0 Å². The van der Waals surface area contributed by atoms with E-state index in [2.05, 4.69) is 59.9 Å². The van der Waals surface area contributed by atoms with Gasteiger partial charge in [-0.15, -0.1) is 0 Å². The molecule has 2 nitrogen and oxygen atoms in total. The number of nitrogens with zero attached hydrogens (tertiary/aromatic N) is 1. The third-order valence-electron chi connectivity index (χ3n) is 4.59. The van der Waals surface area contributed by atoms with Crippen molar-refractivity contribution in [2.45, 2.75) is 37.5 Å². The number of thioether (sulfide) groups is 1. The molecule has 1 aliphatic heterocycles. The lowest BCUT2D eigenvalue weighted by molar-refractivity contribution is 0.560. The summed E-state index contributed by atoms with van der Waals surface area (Å²) in [5, 5.41) is 5.65. The van der Waals surface area contributed by atoms with E-state index in [-0.39, 0.29) is 4.87 Å². The van der Waals surface area contributed by atoms with Crippen LogP contribution in [0.3, 0.4) is 0 Å². The van der Waals surface area contributed by atoms with Gasteiger partial charge in [0.1, 0.15) is 9.91 Å². The predicted octanol–water partition coefficient (Wildman–Crippen LogP) is 4.44. The summed E-state index contributed by atoms with van der Waals surface area (Å²) in [7, 11) is 0. The average molecular weight is 308 g/mol. The van der Waals surface area contributed by atoms with Crippen LogP contribution < -0.4 is 5.43 Å². The number of aryl methyl sites for hydroxylation is 2. The number of fused-ring (bicyclic) bond motifs is 1. The first-order chi connectivity index (χ1) is 10.7. The molecule has 0 aromatic heterocycles. The third kappa shape index (κ3) is 2.44. The summed E-state index contributed by atoms with van der Waals surface area (Å²) in [6, 6.07) is 17.4. The fourth-order valence-corrected chi connectivity index (χ4v) is 4.32. The monoisotopic (exact) mass is 308 g/mol. The number of benzene rings is 2. The molecule has 3 heteroatoms. The Balaban J connectivity index is 1.61. The van der Waals surface area contributed by atoms with Gasteiger partial charge in [-0.3, -0.25) is 5.43 Å². The van der Waals surface area contributed by atoms with E-state index in [1.807, 2.05) is 17.8 Å². The van der Waals surface area contributed by atoms with Gasteiger partial charge in [0.25, 0.3) is 0 Å². The summed E-state index contributed by atoms with van der Waals surface area (Å²) >= 11 is 1.81. The zero-order chi connectivity index (χ0) is 15.0. The normalized spacial score (nSPS) is 23.6. The predicted molar refractivity (Wildman–Crippen MR) is 94.1 cm³/mol. The lowest BCUT2D eigenvalue weighted by atomic mass is 9.89. The molecule has 1 aliphatic carbocycles. The molecule has 2 aromatic carbocycles. The van der Waals surface area contributed by atoms with Crippen molar-refractivity contribution in [1.29, 1.82) is 0 Å². The summed E-state index contributed by atoms with van der Waals surface area (Å²) in [5.41, 5.74) is 8.93. The maximum atomic E-state index is 4.58. The standard InChI is InChI=1S/C19H20N2S/c1-19(17-12-11-14-7-5-6-10-16(14)13-17)21-20-18(22-19)15-8-3-2-4-9-15/h2-4,8-9,11-13,21H,5-7,10H2,1H3/t19-/m0/s1. The molecule has 0 saturated heterocycles. The fourth-order valence-electron chi connectivity index (χ4n) is 3.25. The van der Waals surface area contributed by atoms with Crippen LogP contribution in [0.4, 0.5) is 0 Å². The second kappa shape index (κ2) is 5.47. The molecule has 0 fully saturated rings. The SMILES string of the molecule is C[C@]1(c2ccc3c(c2)CCCC3)NN=C(c2ccccc2)S1. The highest BCUT2D eigenvalue weighted by molar-refractivity contribution is 8.15. The zero-order valence-electron chi connectivity index (χ0n) is 12.8. The molecule has 1 atom stereocenters. The van der Waals surface area contributed by atoms with Gasteiger partial charge in [0.15, 0.2) is 0 Å². The summed E-state index contributed by atoms with van der Waals surface area (Å²) < 4.78 is 0. The zero-order valence-corrected chi connectivity index (χ0v) is 13.6. The Bertz CT molecular complexity index is 723. The van der Waals surface area contributed by atoms with E-state index in [1.165, 1.54) is 47.9 Å². The minimum Gasteiger partial charge on any atom is -0.288 e. The van der Waals surface area contributed by atoms with Gasteiger partial charge in [0.2, 0.25) is 0 Å². The first-order valence-corrected chi connectivity index (χ1v) is 8.78. The molecule has 0 unspecified atom stereocenters. The van der Waals surface area contributed by atoms with Gasteiger partial charge >= 0.3 is 0 Å². The van der Waals surface area contributed by atoms with Crippen molar-refractivity contribution in [2.75, 3.05) is 0 Å². The molecule has 22 heavy (non-hydrogen) atoms. The van der Waals surface area contributed by atoms with Gasteiger partial charge in [-0.05, 0) is 49.3 Å². The Kier molecular flexibility index (Phi) is 3.45. The Hall–Kier alpha value is -1.74. The van der Waals surface area contributed by atoms with Crippen LogP contribution in [-0.2, 0) is 17.7 Å². The van der Waals surface area contributed by atoms with Crippen LogP contribution in [-0.4, -0.2) is 5.04 Å². The van der Waals surface area contributed by atoms with Gasteiger partial charge in [-0.2, -0.15) is 5.10 Å². The topological polar surface area (TPSA) is 24.4 Å². The average Bonchev–Trinajstić information content (AvgIpc) is 2.99. The number of rotatable bonds is 2. The van der Waals surface area contributed by atoms with Gasteiger partial charge in [-0.25, -0.2) is 0 Å². The van der Waals surface area contributed by atoms with E-state index in [1.54, 1.807) is 0 Å². The van der Waals surface area contributed by atoms with Crippen LogP contribution in [0.1, 0.15) is 42.0 Å². The molecular weight excluding hydrogens is 288 g/mol. The number of hydrazone groups is 1. The highest BCUT2D eigenvalue weighted by Crippen LogP contribution is 2.41. The van der Waals surface area contributed by atoms with Crippen LogP contribution in [0.25, 0.3) is 0 Å².